The summed E-state index contributed by atoms with van der Waals surface area (Å²) in [7, 11) is 0. The molecule has 1 rings (SSSR count). The van der Waals surface area contributed by atoms with Crippen molar-refractivity contribution in [3.8, 4) is 6.07 Å². The zero-order valence-electron chi connectivity index (χ0n) is 10.4. The smallest absolute Gasteiger partial charge is 0.251 e. The van der Waals surface area contributed by atoms with Crippen LogP contribution in [0.3, 0.4) is 0 Å². The van der Waals surface area contributed by atoms with E-state index in [2.05, 4.69) is 5.32 Å². The van der Waals surface area contributed by atoms with Crippen molar-refractivity contribution in [2.24, 2.45) is 0 Å². The summed E-state index contributed by atoms with van der Waals surface area (Å²) in [5, 5.41) is 21.3. The van der Waals surface area contributed by atoms with Crippen molar-refractivity contribution in [1.29, 1.82) is 5.26 Å². The van der Waals surface area contributed by atoms with Gasteiger partial charge >= 0.3 is 0 Å². The Hall–Kier alpha value is -1.51. The number of nitrogens with zero attached hydrogens (tertiary/aromatic N) is 1. The number of hydrogen-bond donors (Lipinski definition) is 2. The number of benzene rings is 1. The molecule has 0 spiro atoms. The molecule has 18 heavy (non-hydrogen) atoms. The SMILES string of the molecule is CSC[C@](C)(O)CNC(=O)c1cccc(C#N)c1. The van der Waals surface area contributed by atoms with E-state index >= 15 is 0 Å². The lowest BCUT2D eigenvalue weighted by molar-refractivity contribution is 0.0725. The molecule has 0 fully saturated rings. The van der Waals surface area contributed by atoms with Crippen LogP contribution < -0.4 is 5.32 Å². The van der Waals surface area contributed by atoms with E-state index in [9.17, 15) is 9.90 Å². The second kappa shape index (κ2) is 6.43. The molecule has 0 saturated carbocycles. The first-order chi connectivity index (χ1) is 8.48. The van der Waals surface area contributed by atoms with Crippen LogP contribution in [0.1, 0.15) is 22.8 Å². The van der Waals surface area contributed by atoms with Gasteiger partial charge in [-0.05, 0) is 31.4 Å². The summed E-state index contributed by atoms with van der Waals surface area (Å²) in [5.74, 6) is 0.263. The molecular weight excluding hydrogens is 248 g/mol. The Morgan fingerprint density at radius 2 is 2.33 bits per heavy atom. The first-order valence-corrected chi connectivity index (χ1v) is 6.87. The average molecular weight is 264 g/mol. The molecule has 0 radical (unpaired) electrons. The molecule has 0 aliphatic rings. The van der Waals surface area contributed by atoms with E-state index < -0.39 is 5.60 Å². The molecule has 0 aromatic heterocycles. The van der Waals surface area contributed by atoms with Crippen LogP contribution in [0.15, 0.2) is 24.3 Å². The van der Waals surface area contributed by atoms with Gasteiger partial charge in [-0.15, -0.1) is 0 Å². The summed E-state index contributed by atoms with van der Waals surface area (Å²) in [4.78, 5) is 11.8. The number of aliphatic hydroxyl groups is 1. The summed E-state index contributed by atoms with van der Waals surface area (Å²) in [6, 6.07) is 8.45. The monoisotopic (exact) mass is 264 g/mol. The highest BCUT2D eigenvalue weighted by molar-refractivity contribution is 7.98. The van der Waals surface area contributed by atoms with Gasteiger partial charge in [-0.1, -0.05) is 6.07 Å². The minimum Gasteiger partial charge on any atom is -0.387 e. The van der Waals surface area contributed by atoms with Crippen LogP contribution in [0.5, 0.6) is 0 Å². The molecule has 0 aliphatic heterocycles. The molecule has 1 amide bonds. The third kappa shape index (κ3) is 4.40. The minimum absolute atomic E-state index is 0.184. The zero-order valence-corrected chi connectivity index (χ0v) is 11.3. The largest absolute Gasteiger partial charge is 0.387 e. The molecule has 0 aliphatic carbocycles. The van der Waals surface area contributed by atoms with E-state index in [1.54, 1.807) is 25.1 Å². The predicted molar refractivity (Wildman–Crippen MR) is 72.5 cm³/mol. The van der Waals surface area contributed by atoms with Crippen LogP contribution in [0.4, 0.5) is 0 Å². The topological polar surface area (TPSA) is 73.1 Å². The van der Waals surface area contributed by atoms with E-state index in [4.69, 9.17) is 5.26 Å². The van der Waals surface area contributed by atoms with Crippen molar-refractivity contribution in [2.75, 3.05) is 18.6 Å². The quantitative estimate of drug-likeness (QED) is 0.843. The van der Waals surface area contributed by atoms with E-state index in [0.29, 0.717) is 16.9 Å². The molecule has 0 unspecified atom stereocenters. The number of amides is 1. The van der Waals surface area contributed by atoms with Crippen molar-refractivity contribution in [2.45, 2.75) is 12.5 Å². The molecule has 0 saturated heterocycles. The number of rotatable bonds is 5. The maximum Gasteiger partial charge on any atom is 0.251 e. The van der Waals surface area contributed by atoms with Gasteiger partial charge in [-0.3, -0.25) is 4.79 Å². The highest BCUT2D eigenvalue weighted by Gasteiger charge is 2.20. The standard InChI is InChI=1S/C13H16N2O2S/c1-13(17,9-18-2)8-15-12(16)11-5-3-4-10(6-11)7-14/h3-6,17H,8-9H2,1-2H3,(H,15,16)/t13-/m1/s1. The van der Waals surface area contributed by atoms with Crippen molar-refractivity contribution >= 4 is 17.7 Å². The molecule has 96 valence electrons. The Morgan fingerprint density at radius 1 is 1.61 bits per heavy atom. The fraction of sp³-hybridized carbons (Fsp3) is 0.385. The van der Waals surface area contributed by atoms with Gasteiger partial charge in [-0.25, -0.2) is 0 Å². The fourth-order valence-electron chi connectivity index (χ4n) is 1.46. The molecule has 0 heterocycles. The number of thioether (sulfide) groups is 1. The Kier molecular flexibility index (Phi) is 5.20. The van der Waals surface area contributed by atoms with E-state index in [-0.39, 0.29) is 12.5 Å². The van der Waals surface area contributed by atoms with Gasteiger partial charge in [0.25, 0.3) is 5.91 Å². The van der Waals surface area contributed by atoms with E-state index in [1.165, 1.54) is 17.8 Å². The van der Waals surface area contributed by atoms with Crippen LogP contribution in [-0.4, -0.2) is 35.2 Å². The molecule has 1 aromatic rings. The van der Waals surface area contributed by atoms with Gasteiger partial charge in [0.1, 0.15) is 0 Å². The second-order valence-corrected chi connectivity index (χ2v) is 5.17. The van der Waals surface area contributed by atoms with Crippen LogP contribution >= 0.6 is 11.8 Å². The first-order valence-electron chi connectivity index (χ1n) is 5.48. The Balaban J connectivity index is 2.63. The van der Waals surface area contributed by atoms with Crippen molar-refractivity contribution < 1.29 is 9.90 Å². The van der Waals surface area contributed by atoms with Crippen molar-refractivity contribution in [3.63, 3.8) is 0 Å². The van der Waals surface area contributed by atoms with E-state index in [0.717, 1.165) is 0 Å². The lowest BCUT2D eigenvalue weighted by Gasteiger charge is -2.22. The maximum atomic E-state index is 11.8. The molecule has 0 bridgehead atoms. The van der Waals surface area contributed by atoms with Crippen LogP contribution in [0, 0.1) is 11.3 Å². The minimum atomic E-state index is -0.929. The van der Waals surface area contributed by atoms with Gasteiger partial charge in [0.2, 0.25) is 0 Å². The summed E-state index contributed by atoms with van der Waals surface area (Å²) in [6.07, 6.45) is 1.90. The Labute approximate surface area is 111 Å². The summed E-state index contributed by atoms with van der Waals surface area (Å²) in [6.45, 7) is 1.86. The van der Waals surface area contributed by atoms with Gasteiger partial charge in [0, 0.05) is 17.9 Å². The lowest BCUT2D eigenvalue weighted by Crippen LogP contribution is -2.42. The summed E-state index contributed by atoms with van der Waals surface area (Å²) < 4.78 is 0. The molecule has 4 nitrogen and oxygen atoms in total. The van der Waals surface area contributed by atoms with Gasteiger partial charge in [0.15, 0.2) is 0 Å². The average Bonchev–Trinajstić information content (AvgIpc) is 2.36. The fourth-order valence-corrected chi connectivity index (χ4v) is 2.19. The van der Waals surface area contributed by atoms with Gasteiger partial charge in [0.05, 0.1) is 17.2 Å². The number of carbonyl (C=O) groups is 1. The number of nitrogens with one attached hydrogen (secondary N) is 1. The molecule has 5 heteroatoms. The Bertz CT molecular complexity index is 466. The van der Waals surface area contributed by atoms with Gasteiger partial charge < -0.3 is 10.4 Å². The van der Waals surface area contributed by atoms with Crippen LogP contribution in [-0.2, 0) is 0 Å². The van der Waals surface area contributed by atoms with Crippen molar-refractivity contribution in [3.05, 3.63) is 35.4 Å². The molecule has 1 atom stereocenters. The first kappa shape index (κ1) is 14.6. The van der Waals surface area contributed by atoms with Crippen molar-refractivity contribution in [1.82, 2.24) is 5.32 Å². The molecule has 2 N–H and O–H groups in total. The van der Waals surface area contributed by atoms with E-state index in [1.807, 2.05) is 12.3 Å². The molecular formula is C13H16N2O2S. The number of hydrogen-bond acceptors (Lipinski definition) is 4. The predicted octanol–water partition coefficient (Wildman–Crippen LogP) is 1.40. The number of carbonyl (C=O) groups excluding carboxylic acids is 1. The normalized spacial score (nSPS) is 13.4. The van der Waals surface area contributed by atoms with Crippen LogP contribution in [0.2, 0.25) is 0 Å². The highest BCUT2D eigenvalue weighted by Crippen LogP contribution is 2.10. The third-order valence-electron chi connectivity index (χ3n) is 2.34. The zero-order chi connectivity index (χ0) is 13.6. The van der Waals surface area contributed by atoms with Crippen LogP contribution in [0.25, 0.3) is 0 Å². The number of nitriles is 1. The Morgan fingerprint density at radius 3 is 2.94 bits per heavy atom. The summed E-state index contributed by atoms with van der Waals surface area (Å²) >= 11 is 1.52. The summed E-state index contributed by atoms with van der Waals surface area (Å²) in [5.41, 5.74) is -0.0606. The molecule has 1 aromatic carbocycles. The lowest BCUT2D eigenvalue weighted by atomic mass is 10.1. The second-order valence-electron chi connectivity index (χ2n) is 4.31. The van der Waals surface area contributed by atoms with Gasteiger partial charge in [-0.2, -0.15) is 17.0 Å². The third-order valence-corrected chi connectivity index (χ3v) is 3.25. The maximum absolute atomic E-state index is 11.8. The highest BCUT2D eigenvalue weighted by atomic mass is 32.2.